The molecule has 7 heteroatoms. The summed E-state index contributed by atoms with van der Waals surface area (Å²) < 4.78 is 1.71. The number of anilines is 1. The van der Waals surface area contributed by atoms with Crippen LogP contribution in [0.2, 0.25) is 5.02 Å². The van der Waals surface area contributed by atoms with Gasteiger partial charge >= 0.3 is 0 Å². The number of H-pyrrole nitrogens is 1. The molecule has 25 heavy (non-hydrogen) atoms. The highest BCUT2D eigenvalue weighted by Gasteiger charge is 2.26. The molecule has 1 saturated carbocycles. The smallest absolute Gasteiger partial charge is 0.232 e. The van der Waals surface area contributed by atoms with E-state index in [0.29, 0.717) is 16.8 Å². The topological polar surface area (TPSA) is 75.6 Å². The van der Waals surface area contributed by atoms with Gasteiger partial charge in [0.2, 0.25) is 5.91 Å². The molecule has 3 aromatic rings. The minimum Gasteiger partial charge on any atom is -0.309 e. The second kappa shape index (κ2) is 6.37. The summed E-state index contributed by atoms with van der Waals surface area (Å²) >= 11 is 6.02. The van der Waals surface area contributed by atoms with Crippen molar-refractivity contribution in [3.05, 3.63) is 59.0 Å². The van der Waals surface area contributed by atoms with Gasteiger partial charge in [0.15, 0.2) is 5.82 Å². The highest BCUT2D eigenvalue weighted by molar-refractivity contribution is 6.30. The van der Waals surface area contributed by atoms with Crippen molar-refractivity contribution < 1.29 is 4.79 Å². The monoisotopic (exact) mass is 355 g/mol. The molecule has 1 aliphatic carbocycles. The predicted octanol–water partition coefficient (Wildman–Crippen LogP) is 3.87. The van der Waals surface area contributed by atoms with Crippen LogP contribution in [0.4, 0.5) is 5.82 Å². The molecular weight excluding hydrogens is 338 g/mol. The molecule has 6 nitrogen and oxygen atoms in total. The van der Waals surface area contributed by atoms with E-state index in [1.165, 1.54) is 12.8 Å². The molecule has 1 amide bonds. The molecule has 1 atom stereocenters. The lowest BCUT2D eigenvalue weighted by Gasteiger charge is -2.08. The maximum Gasteiger partial charge on any atom is 0.232 e. The first-order valence-corrected chi connectivity index (χ1v) is 8.64. The normalized spacial score (nSPS) is 15.1. The zero-order chi connectivity index (χ0) is 17.4. The zero-order valence-corrected chi connectivity index (χ0v) is 14.5. The van der Waals surface area contributed by atoms with E-state index in [1.807, 2.05) is 43.5 Å². The molecule has 0 bridgehead atoms. The summed E-state index contributed by atoms with van der Waals surface area (Å²) in [6.45, 7) is 1.85. The Labute approximate surface area is 150 Å². The average Bonchev–Trinajstić information content (AvgIpc) is 3.15. The fraction of sp³-hybridized carbons (Fsp3) is 0.278. The van der Waals surface area contributed by atoms with Crippen LogP contribution in [0, 0.1) is 0 Å². The Hall–Kier alpha value is -2.60. The largest absolute Gasteiger partial charge is 0.309 e. The molecule has 1 aromatic carbocycles. The number of nitrogens with one attached hydrogen (secondary N) is 2. The molecule has 2 N–H and O–H groups in total. The second-order valence-electron chi connectivity index (χ2n) is 6.39. The van der Waals surface area contributed by atoms with Crippen LogP contribution >= 0.6 is 11.6 Å². The molecule has 0 saturated heterocycles. The summed E-state index contributed by atoms with van der Waals surface area (Å²) in [6, 6.07) is 9.33. The first kappa shape index (κ1) is 15.9. The van der Waals surface area contributed by atoms with Crippen LogP contribution in [0.3, 0.4) is 0 Å². The van der Waals surface area contributed by atoms with Crippen LogP contribution in [-0.4, -0.2) is 25.9 Å². The number of hydrogen-bond acceptors (Lipinski definition) is 3. The van der Waals surface area contributed by atoms with Gasteiger partial charge in [0.25, 0.3) is 0 Å². The van der Waals surface area contributed by atoms with Gasteiger partial charge in [-0.2, -0.15) is 10.2 Å². The summed E-state index contributed by atoms with van der Waals surface area (Å²) in [6.07, 6.45) is 5.92. The maximum absolute atomic E-state index is 12.5. The summed E-state index contributed by atoms with van der Waals surface area (Å²) in [7, 11) is 0. The lowest BCUT2D eigenvalue weighted by Crippen LogP contribution is -2.18. The summed E-state index contributed by atoms with van der Waals surface area (Å²) in [5.41, 5.74) is 2.78. The van der Waals surface area contributed by atoms with E-state index in [4.69, 9.17) is 11.6 Å². The van der Waals surface area contributed by atoms with Crippen molar-refractivity contribution in [1.82, 2.24) is 20.0 Å². The lowest BCUT2D eigenvalue weighted by atomic mass is 10.0. The van der Waals surface area contributed by atoms with Gasteiger partial charge in [-0.1, -0.05) is 17.7 Å². The Balaban J connectivity index is 1.46. The van der Waals surface area contributed by atoms with Gasteiger partial charge in [0, 0.05) is 34.5 Å². The van der Waals surface area contributed by atoms with Gasteiger partial charge in [0.05, 0.1) is 17.8 Å². The fourth-order valence-corrected chi connectivity index (χ4v) is 2.89. The molecule has 0 radical (unpaired) electrons. The number of carbonyl (C=O) groups is 1. The third-order valence-corrected chi connectivity index (χ3v) is 4.67. The summed E-state index contributed by atoms with van der Waals surface area (Å²) in [4.78, 5) is 12.5. The van der Waals surface area contributed by atoms with Crippen LogP contribution in [0.15, 0.2) is 42.7 Å². The highest BCUT2D eigenvalue weighted by Crippen LogP contribution is 2.39. The first-order chi connectivity index (χ1) is 12.1. The number of aromatic amines is 1. The van der Waals surface area contributed by atoms with Crippen molar-refractivity contribution in [1.29, 1.82) is 0 Å². The predicted molar refractivity (Wildman–Crippen MR) is 96.2 cm³/mol. The summed E-state index contributed by atoms with van der Waals surface area (Å²) in [5.74, 6) is 0.695. The Bertz CT molecular complexity index is 912. The maximum atomic E-state index is 12.5. The van der Waals surface area contributed by atoms with Crippen LogP contribution < -0.4 is 5.32 Å². The van der Waals surface area contributed by atoms with Crippen molar-refractivity contribution in [3.63, 3.8) is 0 Å². The third kappa shape index (κ3) is 3.44. The molecule has 4 rings (SSSR count). The van der Waals surface area contributed by atoms with Gasteiger partial charge in [-0.25, -0.2) is 4.68 Å². The number of nitrogens with zero attached hydrogens (tertiary/aromatic N) is 3. The van der Waals surface area contributed by atoms with Gasteiger partial charge < -0.3 is 5.32 Å². The Morgan fingerprint density at radius 2 is 2.24 bits per heavy atom. The van der Waals surface area contributed by atoms with Crippen LogP contribution in [0.25, 0.3) is 5.69 Å². The Kier molecular flexibility index (Phi) is 4.05. The van der Waals surface area contributed by atoms with Gasteiger partial charge in [-0.3, -0.25) is 9.89 Å². The lowest BCUT2D eigenvalue weighted by molar-refractivity contribution is -0.117. The van der Waals surface area contributed by atoms with Crippen molar-refractivity contribution in [2.45, 2.75) is 31.6 Å². The van der Waals surface area contributed by atoms with Gasteiger partial charge in [-0.15, -0.1) is 0 Å². The minimum atomic E-state index is -0.339. The molecule has 2 heterocycles. The molecule has 1 aliphatic rings. The Morgan fingerprint density at radius 3 is 3.00 bits per heavy atom. The van der Waals surface area contributed by atoms with Crippen molar-refractivity contribution in [2.24, 2.45) is 0 Å². The van der Waals surface area contributed by atoms with E-state index in [-0.39, 0.29) is 11.8 Å². The van der Waals surface area contributed by atoms with E-state index >= 15 is 0 Å². The number of amides is 1. The zero-order valence-electron chi connectivity index (χ0n) is 13.7. The van der Waals surface area contributed by atoms with Gasteiger partial charge in [0.1, 0.15) is 0 Å². The SMILES string of the molecule is C[C@H](C(=O)Nc1cc(C2CC2)[nH]n1)c1cnn(-c2cccc(Cl)c2)c1. The molecule has 0 unspecified atom stereocenters. The molecule has 2 aromatic heterocycles. The quantitative estimate of drug-likeness (QED) is 0.729. The summed E-state index contributed by atoms with van der Waals surface area (Å²) in [5, 5.41) is 15.0. The van der Waals surface area contributed by atoms with E-state index in [0.717, 1.165) is 16.9 Å². The Morgan fingerprint density at radius 1 is 1.40 bits per heavy atom. The number of halogens is 1. The van der Waals surface area contributed by atoms with Crippen LogP contribution in [0.5, 0.6) is 0 Å². The third-order valence-electron chi connectivity index (χ3n) is 4.43. The molecule has 1 fully saturated rings. The number of carbonyl (C=O) groups excluding carboxylic acids is 1. The average molecular weight is 356 g/mol. The molecular formula is C18H18ClN5O. The highest BCUT2D eigenvalue weighted by atomic mass is 35.5. The van der Waals surface area contributed by atoms with Crippen molar-refractivity contribution in [2.75, 3.05) is 5.32 Å². The molecule has 0 spiro atoms. The van der Waals surface area contributed by atoms with Crippen LogP contribution in [-0.2, 0) is 4.79 Å². The van der Waals surface area contributed by atoms with E-state index in [1.54, 1.807) is 10.9 Å². The minimum absolute atomic E-state index is 0.112. The number of hydrogen-bond donors (Lipinski definition) is 2. The molecule has 0 aliphatic heterocycles. The number of aromatic nitrogens is 4. The fourth-order valence-electron chi connectivity index (χ4n) is 2.71. The molecule has 128 valence electrons. The number of rotatable bonds is 5. The van der Waals surface area contributed by atoms with Crippen molar-refractivity contribution >= 4 is 23.3 Å². The second-order valence-corrected chi connectivity index (χ2v) is 6.83. The standard InChI is InChI=1S/C18H18ClN5O/c1-11(18(25)21-17-8-16(22-23-17)12-5-6-12)13-9-20-24(10-13)15-4-2-3-14(19)7-15/h2-4,7-12H,5-6H2,1H3,(H2,21,22,23,25)/t11-/m0/s1. The first-order valence-electron chi connectivity index (χ1n) is 8.27. The van der Waals surface area contributed by atoms with Crippen molar-refractivity contribution in [3.8, 4) is 5.69 Å². The van der Waals surface area contributed by atoms with Gasteiger partial charge in [-0.05, 0) is 38.0 Å². The van der Waals surface area contributed by atoms with E-state index < -0.39 is 0 Å². The van der Waals surface area contributed by atoms with Crippen LogP contribution in [0.1, 0.15) is 42.9 Å². The van der Waals surface area contributed by atoms with E-state index in [9.17, 15) is 4.79 Å². The van der Waals surface area contributed by atoms with E-state index in [2.05, 4.69) is 20.6 Å². The number of benzene rings is 1.